The standard InChI is InChI=1S/C30H41FN4O4/c1-5-20(2)28-30(38)35(4)19-27(36)34-25(17-22-12-14-24(31)15-13-22)29(37)32-16-8-10-23-9-6-7-11-26(23)39-21(3)18-33-28/h6-7,9,11-15,20-21,25,28,33H,5,8,10,16-19H2,1-4H3,(H,32,37)(H,34,36)/t20?,21-,25-,28+/m1/s1. The number of para-hydroxylation sites is 1. The lowest BCUT2D eigenvalue weighted by Gasteiger charge is -2.30. The Balaban J connectivity index is 1.84. The van der Waals surface area contributed by atoms with Crippen LogP contribution in [0.4, 0.5) is 4.39 Å². The molecule has 1 heterocycles. The first-order chi connectivity index (χ1) is 18.7. The van der Waals surface area contributed by atoms with Crippen molar-refractivity contribution in [2.24, 2.45) is 5.92 Å². The fourth-order valence-electron chi connectivity index (χ4n) is 4.59. The van der Waals surface area contributed by atoms with E-state index in [-0.39, 0.29) is 42.6 Å². The zero-order valence-electron chi connectivity index (χ0n) is 23.3. The highest BCUT2D eigenvalue weighted by atomic mass is 19.1. The first-order valence-corrected chi connectivity index (χ1v) is 13.7. The molecule has 0 radical (unpaired) electrons. The number of likely N-dealkylation sites (N-methyl/N-ethyl adjacent to an activating group) is 1. The molecule has 3 amide bonds. The summed E-state index contributed by atoms with van der Waals surface area (Å²) in [6, 6.07) is 12.3. The van der Waals surface area contributed by atoms with Gasteiger partial charge >= 0.3 is 0 Å². The molecule has 0 spiro atoms. The number of benzene rings is 2. The summed E-state index contributed by atoms with van der Waals surface area (Å²) in [6.07, 6.45) is 2.17. The number of hydrogen-bond acceptors (Lipinski definition) is 5. The van der Waals surface area contributed by atoms with Gasteiger partial charge in [-0.2, -0.15) is 0 Å². The molecule has 212 valence electrons. The zero-order chi connectivity index (χ0) is 28.4. The van der Waals surface area contributed by atoms with Gasteiger partial charge in [-0.05, 0) is 55.0 Å². The molecule has 8 nitrogen and oxygen atoms in total. The van der Waals surface area contributed by atoms with Crippen LogP contribution in [0.2, 0.25) is 0 Å². The number of amides is 3. The highest BCUT2D eigenvalue weighted by Crippen LogP contribution is 2.21. The molecule has 1 aliphatic heterocycles. The van der Waals surface area contributed by atoms with Crippen molar-refractivity contribution >= 4 is 17.7 Å². The van der Waals surface area contributed by atoms with Crippen LogP contribution in [-0.2, 0) is 27.2 Å². The van der Waals surface area contributed by atoms with Crippen LogP contribution in [0.3, 0.4) is 0 Å². The van der Waals surface area contributed by atoms with Crippen LogP contribution in [0.5, 0.6) is 5.75 Å². The van der Waals surface area contributed by atoms with E-state index in [0.29, 0.717) is 31.5 Å². The number of fused-ring (bicyclic) bond motifs is 1. The maximum absolute atomic E-state index is 13.4. The summed E-state index contributed by atoms with van der Waals surface area (Å²) in [6.45, 7) is 6.66. The second-order valence-electron chi connectivity index (χ2n) is 10.3. The third kappa shape index (κ3) is 9.06. The van der Waals surface area contributed by atoms with Gasteiger partial charge in [0, 0.05) is 26.6 Å². The average molecular weight is 541 g/mol. The molecule has 9 heteroatoms. The first-order valence-electron chi connectivity index (χ1n) is 13.7. The van der Waals surface area contributed by atoms with Crippen molar-refractivity contribution < 1.29 is 23.5 Å². The Hall–Kier alpha value is -3.46. The van der Waals surface area contributed by atoms with Gasteiger partial charge in [-0.25, -0.2) is 4.39 Å². The van der Waals surface area contributed by atoms with Gasteiger partial charge in [0.25, 0.3) is 0 Å². The lowest BCUT2D eigenvalue weighted by Crippen LogP contribution is -2.54. The van der Waals surface area contributed by atoms with Crippen LogP contribution in [0.25, 0.3) is 0 Å². The molecule has 0 aromatic heterocycles. The number of halogens is 1. The first kappa shape index (κ1) is 30.1. The van der Waals surface area contributed by atoms with E-state index >= 15 is 0 Å². The normalized spacial score (nSPS) is 22.9. The molecule has 0 aliphatic carbocycles. The summed E-state index contributed by atoms with van der Waals surface area (Å²) in [7, 11) is 1.59. The quantitative estimate of drug-likeness (QED) is 0.554. The highest BCUT2D eigenvalue weighted by Gasteiger charge is 2.29. The van der Waals surface area contributed by atoms with Crippen LogP contribution >= 0.6 is 0 Å². The minimum absolute atomic E-state index is 0.0325. The smallest absolute Gasteiger partial charge is 0.242 e. The van der Waals surface area contributed by atoms with E-state index in [0.717, 1.165) is 17.7 Å². The summed E-state index contributed by atoms with van der Waals surface area (Å²) in [5, 5.41) is 9.07. The predicted octanol–water partition coefficient (Wildman–Crippen LogP) is 2.85. The van der Waals surface area contributed by atoms with Crippen molar-refractivity contribution in [3.05, 3.63) is 65.5 Å². The minimum atomic E-state index is -0.870. The molecular formula is C30H41FN4O4. The van der Waals surface area contributed by atoms with Gasteiger partial charge in [0.2, 0.25) is 17.7 Å². The molecule has 0 saturated carbocycles. The molecule has 1 unspecified atom stereocenters. The van der Waals surface area contributed by atoms with E-state index in [2.05, 4.69) is 16.0 Å². The van der Waals surface area contributed by atoms with Gasteiger partial charge in [-0.1, -0.05) is 50.6 Å². The summed E-state index contributed by atoms with van der Waals surface area (Å²) >= 11 is 0. The van der Waals surface area contributed by atoms with Crippen LogP contribution in [0.1, 0.15) is 44.7 Å². The Morgan fingerprint density at radius 3 is 2.54 bits per heavy atom. The maximum Gasteiger partial charge on any atom is 0.242 e. The van der Waals surface area contributed by atoms with Gasteiger partial charge in [0.1, 0.15) is 23.7 Å². The van der Waals surface area contributed by atoms with Crippen LogP contribution in [-0.4, -0.2) is 67.5 Å². The monoisotopic (exact) mass is 540 g/mol. The van der Waals surface area contributed by atoms with Gasteiger partial charge in [0.15, 0.2) is 0 Å². The van der Waals surface area contributed by atoms with Crippen molar-refractivity contribution in [1.82, 2.24) is 20.9 Å². The van der Waals surface area contributed by atoms with Gasteiger partial charge in [-0.3, -0.25) is 14.4 Å². The summed E-state index contributed by atoms with van der Waals surface area (Å²) in [5.74, 6) is -0.537. The van der Waals surface area contributed by atoms with E-state index in [1.807, 2.05) is 45.0 Å². The van der Waals surface area contributed by atoms with Crippen LogP contribution in [0.15, 0.2) is 48.5 Å². The van der Waals surface area contributed by atoms with E-state index < -0.39 is 18.0 Å². The predicted molar refractivity (Wildman–Crippen MR) is 149 cm³/mol. The van der Waals surface area contributed by atoms with E-state index in [9.17, 15) is 18.8 Å². The third-order valence-electron chi connectivity index (χ3n) is 7.09. The number of nitrogens with zero attached hydrogens (tertiary/aromatic N) is 1. The van der Waals surface area contributed by atoms with Gasteiger partial charge < -0.3 is 25.6 Å². The molecule has 3 N–H and O–H groups in total. The average Bonchev–Trinajstić information content (AvgIpc) is 2.91. The summed E-state index contributed by atoms with van der Waals surface area (Å²) < 4.78 is 19.6. The summed E-state index contributed by atoms with van der Waals surface area (Å²) in [5.41, 5.74) is 1.75. The third-order valence-corrected chi connectivity index (χ3v) is 7.09. The van der Waals surface area contributed by atoms with Crippen molar-refractivity contribution in [2.75, 3.05) is 26.7 Å². The fraction of sp³-hybridized carbons (Fsp3) is 0.500. The molecule has 4 atom stereocenters. The fourth-order valence-corrected chi connectivity index (χ4v) is 4.59. The van der Waals surface area contributed by atoms with Crippen molar-refractivity contribution in [3.63, 3.8) is 0 Å². The highest BCUT2D eigenvalue weighted by molar-refractivity contribution is 5.91. The second kappa shape index (κ2) is 14.6. The van der Waals surface area contributed by atoms with Crippen molar-refractivity contribution in [1.29, 1.82) is 0 Å². The molecule has 3 rings (SSSR count). The Bertz CT molecular complexity index is 1110. The molecule has 0 saturated heterocycles. The molecule has 2 aromatic carbocycles. The minimum Gasteiger partial charge on any atom is -0.489 e. The van der Waals surface area contributed by atoms with Crippen molar-refractivity contribution in [3.8, 4) is 5.75 Å². The molecular weight excluding hydrogens is 499 g/mol. The maximum atomic E-state index is 13.4. The molecule has 39 heavy (non-hydrogen) atoms. The number of aryl methyl sites for hydroxylation is 1. The van der Waals surface area contributed by atoms with E-state index in [1.165, 1.54) is 17.0 Å². The number of ether oxygens (including phenoxy) is 1. The zero-order valence-corrected chi connectivity index (χ0v) is 23.3. The largest absolute Gasteiger partial charge is 0.489 e. The summed E-state index contributed by atoms with van der Waals surface area (Å²) in [4.78, 5) is 40.9. The Morgan fingerprint density at radius 2 is 1.82 bits per heavy atom. The van der Waals surface area contributed by atoms with Crippen LogP contribution in [0, 0.1) is 11.7 Å². The van der Waals surface area contributed by atoms with Gasteiger partial charge in [-0.15, -0.1) is 0 Å². The number of carbonyl (C=O) groups is 3. The van der Waals surface area contributed by atoms with E-state index in [1.54, 1.807) is 19.2 Å². The Morgan fingerprint density at radius 1 is 1.10 bits per heavy atom. The molecule has 1 aliphatic rings. The van der Waals surface area contributed by atoms with E-state index in [4.69, 9.17) is 4.74 Å². The second-order valence-corrected chi connectivity index (χ2v) is 10.3. The Labute approximate surface area is 230 Å². The molecule has 2 aromatic rings. The number of nitrogens with one attached hydrogen (secondary N) is 3. The number of hydrogen-bond donors (Lipinski definition) is 3. The SMILES string of the molecule is CCC(C)[C@@H]1NC[C@@H](C)Oc2ccccc2CCCNC(=O)[C@@H](Cc2ccc(F)cc2)NC(=O)CN(C)C1=O. The topological polar surface area (TPSA) is 99.8 Å². The van der Waals surface area contributed by atoms with Gasteiger partial charge in [0.05, 0.1) is 12.6 Å². The molecule has 0 bridgehead atoms. The van der Waals surface area contributed by atoms with Crippen molar-refractivity contribution in [2.45, 2.75) is 64.6 Å². The Kier molecular flexibility index (Phi) is 11.3. The molecule has 0 fully saturated rings. The van der Waals surface area contributed by atoms with Crippen LogP contribution < -0.4 is 20.7 Å². The number of rotatable bonds is 4. The lowest BCUT2D eigenvalue weighted by atomic mass is 9.97. The lowest BCUT2D eigenvalue weighted by molar-refractivity contribution is -0.138. The number of carbonyl (C=O) groups excluding carboxylic acids is 3.